The van der Waals surface area contributed by atoms with Gasteiger partial charge in [0, 0.05) is 6.04 Å². The second-order valence-electron chi connectivity index (χ2n) is 4.39. The summed E-state index contributed by atoms with van der Waals surface area (Å²) in [6.45, 7) is 4.11. The second kappa shape index (κ2) is 5.45. The third-order valence-corrected chi connectivity index (χ3v) is 3.54. The van der Waals surface area contributed by atoms with Crippen LogP contribution >= 0.6 is 12.2 Å². The second-order valence-corrected chi connectivity index (χ2v) is 4.86. The quantitative estimate of drug-likeness (QED) is 0.719. The molecule has 1 saturated carbocycles. The van der Waals surface area contributed by atoms with Crippen molar-refractivity contribution >= 4 is 23.1 Å². The van der Waals surface area contributed by atoms with Crippen molar-refractivity contribution in [2.75, 3.05) is 0 Å². The van der Waals surface area contributed by atoms with Crippen LogP contribution in [0.4, 0.5) is 0 Å². The molecule has 1 fully saturated rings. The van der Waals surface area contributed by atoms with Crippen molar-refractivity contribution in [3.8, 4) is 0 Å². The molecule has 0 spiro atoms. The van der Waals surface area contributed by atoms with E-state index in [2.05, 4.69) is 12.2 Å². The van der Waals surface area contributed by atoms with Crippen LogP contribution in [0.15, 0.2) is 0 Å². The molecule has 0 saturated heterocycles. The summed E-state index contributed by atoms with van der Waals surface area (Å²) in [7, 11) is 0. The maximum absolute atomic E-state index is 11.8. The summed E-state index contributed by atoms with van der Waals surface area (Å²) in [6.07, 6.45) is 4.17. The van der Waals surface area contributed by atoms with E-state index in [-0.39, 0.29) is 11.8 Å². The van der Waals surface area contributed by atoms with Crippen molar-refractivity contribution in [1.29, 1.82) is 0 Å². The molecule has 1 amide bonds. The summed E-state index contributed by atoms with van der Waals surface area (Å²) < 4.78 is 0. The molecular weight excluding hydrogens is 208 g/mol. The Balaban J connectivity index is 2.50. The summed E-state index contributed by atoms with van der Waals surface area (Å²) in [5.74, 6) is 0.286. The largest absolute Gasteiger partial charge is 0.393 e. The smallest absolute Gasteiger partial charge is 0.230 e. The predicted molar refractivity (Wildman–Crippen MR) is 65.5 cm³/mol. The van der Waals surface area contributed by atoms with Gasteiger partial charge in [0.1, 0.15) is 0 Å². The van der Waals surface area contributed by atoms with Gasteiger partial charge in [-0.1, -0.05) is 32.5 Å². The zero-order valence-electron chi connectivity index (χ0n) is 9.45. The lowest BCUT2D eigenvalue weighted by Crippen LogP contribution is -2.43. The van der Waals surface area contributed by atoms with E-state index in [1.54, 1.807) is 0 Å². The molecule has 1 rings (SSSR count). The van der Waals surface area contributed by atoms with E-state index in [1.165, 1.54) is 12.8 Å². The number of rotatable bonds is 4. The average molecular weight is 228 g/mol. The summed E-state index contributed by atoms with van der Waals surface area (Å²) in [6, 6.07) is 0.320. The van der Waals surface area contributed by atoms with E-state index < -0.39 is 0 Å². The molecule has 0 radical (unpaired) electrons. The van der Waals surface area contributed by atoms with Crippen molar-refractivity contribution in [2.45, 2.75) is 45.6 Å². The molecule has 3 N–H and O–H groups in total. The van der Waals surface area contributed by atoms with Crippen molar-refractivity contribution in [1.82, 2.24) is 5.32 Å². The summed E-state index contributed by atoms with van der Waals surface area (Å²) >= 11 is 4.88. The van der Waals surface area contributed by atoms with Crippen LogP contribution < -0.4 is 11.1 Å². The Morgan fingerprint density at radius 1 is 1.60 bits per heavy atom. The van der Waals surface area contributed by atoms with Gasteiger partial charge in [0.05, 0.1) is 10.9 Å². The number of nitrogens with one attached hydrogen (secondary N) is 1. The number of carbonyl (C=O) groups is 1. The SMILES string of the molecule is CCC(C(=O)NC1CCCC1C)C(N)=S. The third kappa shape index (κ3) is 3.16. The Labute approximate surface area is 96.8 Å². The summed E-state index contributed by atoms with van der Waals surface area (Å²) in [4.78, 5) is 12.1. The van der Waals surface area contributed by atoms with Crippen LogP contribution in [0.2, 0.25) is 0 Å². The van der Waals surface area contributed by atoms with Crippen LogP contribution in [0.25, 0.3) is 0 Å². The average Bonchev–Trinajstić information content (AvgIpc) is 2.52. The van der Waals surface area contributed by atoms with Crippen molar-refractivity contribution in [3.05, 3.63) is 0 Å². The van der Waals surface area contributed by atoms with Crippen LogP contribution in [0, 0.1) is 11.8 Å². The number of carbonyl (C=O) groups excluding carboxylic acids is 1. The van der Waals surface area contributed by atoms with Gasteiger partial charge < -0.3 is 11.1 Å². The van der Waals surface area contributed by atoms with E-state index in [0.29, 0.717) is 23.4 Å². The van der Waals surface area contributed by atoms with Crippen molar-refractivity contribution < 1.29 is 4.79 Å². The molecule has 0 aliphatic heterocycles. The van der Waals surface area contributed by atoms with Crippen LogP contribution in [-0.2, 0) is 4.79 Å². The Morgan fingerprint density at radius 2 is 2.27 bits per heavy atom. The standard InChI is InChI=1S/C11H20N2OS/c1-3-8(10(12)15)11(14)13-9-6-4-5-7(9)2/h7-9H,3-6H2,1-2H3,(H2,12,15)(H,13,14). The van der Waals surface area contributed by atoms with E-state index in [0.717, 1.165) is 6.42 Å². The van der Waals surface area contributed by atoms with Gasteiger partial charge in [-0.2, -0.15) is 0 Å². The molecule has 0 aromatic rings. The van der Waals surface area contributed by atoms with Crippen molar-refractivity contribution in [3.63, 3.8) is 0 Å². The molecule has 1 aliphatic carbocycles. The topological polar surface area (TPSA) is 55.1 Å². The molecule has 3 atom stereocenters. The third-order valence-electron chi connectivity index (χ3n) is 3.26. The lowest BCUT2D eigenvalue weighted by Gasteiger charge is -2.20. The summed E-state index contributed by atoms with van der Waals surface area (Å²) in [5.41, 5.74) is 5.53. The molecule has 15 heavy (non-hydrogen) atoms. The highest BCUT2D eigenvalue weighted by atomic mass is 32.1. The molecule has 1 aliphatic rings. The van der Waals surface area contributed by atoms with Gasteiger partial charge in [-0.3, -0.25) is 4.79 Å². The first-order valence-electron chi connectivity index (χ1n) is 5.66. The van der Waals surface area contributed by atoms with Gasteiger partial charge in [-0.25, -0.2) is 0 Å². The molecule has 3 unspecified atom stereocenters. The van der Waals surface area contributed by atoms with Crippen LogP contribution in [0.1, 0.15) is 39.5 Å². The van der Waals surface area contributed by atoms with E-state index >= 15 is 0 Å². The number of thiocarbonyl (C=S) groups is 1. The molecule has 3 nitrogen and oxygen atoms in total. The minimum absolute atomic E-state index is 0.00347. The molecular formula is C11H20N2OS. The fraction of sp³-hybridized carbons (Fsp3) is 0.818. The first-order valence-corrected chi connectivity index (χ1v) is 6.06. The van der Waals surface area contributed by atoms with Gasteiger partial charge >= 0.3 is 0 Å². The van der Waals surface area contributed by atoms with Gasteiger partial charge in [-0.05, 0) is 25.2 Å². The highest BCUT2D eigenvalue weighted by Gasteiger charge is 2.28. The fourth-order valence-electron chi connectivity index (χ4n) is 2.16. The lowest BCUT2D eigenvalue weighted by atomic mass is 10.0. The molecule has 0 bridgehead atoms. The van der Waals surface area contributed by atoms with Crippen molar-refractivity contribution in [2.24, 2.45) is 17.6 Å². The maximum Gasteiger partial charge on any atom is 0.230 e. The van der Waals surface area contributed by atoms with Gasteiger partial charge in [0.25, 0.3) is 0 Å². The maximum atomic E-state index is 11.8. The Bertz CT molecular complexity index is 255. The highest BCUT2D eigenvalue weighted by molar-refractivity contribution is 7.80. The van der Waals surface area contributed by atoms with Gasteiger partial charge in [0.2, 0.25) is 5.91 Å². The molecule has 0 aromatic heterocycles. The molecule has 0 heterocycles. The van der Waals surface area contributed by atoms with E-state index in [4.69, 9.17) is 18.0 Å². The molecule has 0 aromatic carbocycles. The highest BCUT2D eigenvalue weighted by Crippen LogP contribution is 2.25. The zero-order chi connectivity index (χ0) is 11.4. The number of hydrogen-bond donors (Lipinski definition) is 2. The number of hydrogen-bond acceptors (Lipinski definition) is 2. The van der Waals surface area contributed by atoms with E-state index in [9.17, 15) is 4.79 Å². The Kier molecular flexibility index (Phi) is 4.51. The molecule has 4 heteroatoms. The van der Waals surface area contributed by atoms with Crippen LogP contribution in [0.5, 0.6) is 0 Å². The van der Waals surface area contributed by atoms with Gasteiger partial charge in [-0.15, -0.1) is 0 Å². The Hall–Kier alpha value is -0.640. The van der Waals surface area contributed by atoms with Gasteiger partial charge in [0.15, 0.2) is 0 Å². The predicted octanol–water partition coefficient (Wildman–Crippen LogP) is 1.60. The Morgan fingerprint density at radius 3 is 2.67 bits per heavy atom. The minimum Gasteiger partial charge on any atom is -0.393 e. The fourth-order valence-corrected chi connectivity index (χ4v) is 2.43. The normalized spacial score (nSPS) is 27.3. The minimum atomic E-state index is -0.298. The number of amides is 1. The first-order chi connectivity index (χ1) is 7.06. The zero-order valence-corrected chi connectivity index (χ0v) is 10.3. The lowest BCUT2D eigenvalue weighted by molar-refractivity contribution is -0.124. The van der Waals surface area contributed by atoms with E-state index in [1.807, 2.05) is 6.92 Å². The molecule has 86 valence electrons. The van der Waals surface area contributed by atoms with Crippen LogP contribution in [0.3, 0.4) is 0 Å². The monoisotopic (exact) mass is 228 g/mol. The number of nitrogens with two attached hydrogens (primary N) is 1. The summed E-state index contributed by atoms with van der Waals surface area (Å²) in [5, 5.41) is 3.05. The first kappa shape index (κ1) is 12.4. The van der Waals surface area contributed by atoms with Crippen LogP contribution in [-0.4, -0.2) is 16.9 Å².